The highest BCUT2D eigenvalue weighted by Crippen LogP contribution is 2.16. The summed E-state index contributed by atoms with van der Waals surface area (Å²) in [4.78, 5) is 36.3. The van der Waals surface area contributed by atoms with E-state index in [-0.39, 0.29) is 16.7 Å². The van der Waals surface area contributed by atoms with Crippen molar-refractivity contribution >= 4 is 17.5 Å². The van der Waals surface area contributed by atoms with Gasteiger partial charge in [-0.2, -0.15) is 0 Å². The Kier molecular flexibility index (Phi) is 5.55. The highest BCUT2D eigenvalue weighted by Gasteiger charge is 2.13. The first-order chi connectivity index (χ1) is 13.5. The van der Waals surface area contributed by atoms with Crippen molar-refractivity contribution in [3.63, 3.8) is 0 Å². The summed E-state index contributed by atoms with van der Waals surface area (Å²) in [5.74, 6) is -0.366. The molecule has 0 unspecified atom stereocenters. The Hall–Kier alpha value is -3.87. The van der Waals surface area contributed by atoms with Gasteiger partial charge in [0.15, 0.2) is 0 Å². The number of methoxy groups -OCH3 is 1. The Labute approximate surface area is 161 Å². The average Bonchev–Trinajstić information content (AvgIpc) is 2.70. The summed E-state index contributed by atoms with van der Waals surface area (Å²) in [7, 11) is 1.58. The van der Waals surface area contributed by atoms with E-state index in [1.54, 1.807) is 37.4 Å². The van der Waals surface area contributed by atoms with Crippen LogP contribution >= 0.6 is 0 Å². The molecule has 0 spiro atoms. The lowest BCUT2D eigenvalue weighted by atomic mass is 10.1. The Morgan fingerprint density at radius 1 is 1.04 bits per heavy atom. The smallest absolute Gasteiger partial charge is 0.257 e. The molecule has 0 atom stereocenters. The van der Waals surface area contributed by atoms with Crippen molar-refractivity contribution in [2.45, 2.75) is 6.54 Å². The van der Waals surface area contributed by atoms with Crippen LogP contribution in [0.1, 0.15) is 26.3 Å². The maximum Gasteiger partial charge on any atom is 0.257 e. The van der Waals surface area contributed by atoms with Crippen LogP contribution < -0.4 is 21.3 Å². The van der Waals surface area contributed by atoms with E-state index in [0.717, 1.165) is 11.3 Å². The zero-order chi connectivity index (χ0) is 20.1. The molecule has 7 heteroatoms. The number of benzene rings is 2. The van der Waals surface area contributed by atoms with Gasteiger partial charge in [0.2, 0.25) is 0 Å². The second-order valence-corrected chi connectivity index (χ2v) is 6.10. The molecule has 3 N–H and O–H groups in total. The molecular weight excluding hydrogens is 358 g/mol. The number of hydrogen-bond donors (Lipinski definition) is 2. The third kappa shape index (κ3) is 4.27. The largest absolute Gasteiger partial charge is 0.497 e. The number of rotatable bonds is 6. The first-order valence-corrected chi connectivity index (χ1v) is 8.51. The zero-order valence-corrected chi connectivity index (χ0v) is 15.2. The molecule has 3 aromatic rings. The van der Waals surface area contributed by atoms with E-state index in [4.69, 9.17) is 10.5 Å². The Morgan fingerprint density at radius 3 is 2.43 bits per heavy atom. The molecule has 0 radical (unpaired) electrons. The minimum atomic E-state index is -0.639. The van der Waals surface area contributed by atoms with Gasteiger partial charge in [-0.05, 0) is 35.9 Å². The van der Waals surface area contributed by atoms with Gasteiger partial charge in [-0.3, -0.25) is 14.4 Å². The number of nitrogens with zero attached hydrogens (tertiary/aromatic N) is 1. The number of primary amides is 1. The number of nitrogens with one attached hydrogen (secondary N) is 1. The first-order valence-electron chi connectivity index (χ1n) is 8.51. The van der Waals surface area contributed by atoms with E-state index < -0.39 is 11.8 Å². The molecule has 0 saturated carbocycles. The molecule has 0 saturated heterocycles. The number of amides is 2. The van der Waals surface area contributed by atoms with Gasteiger partial charge < -0.3 is 20.4 Å². The van der Waals surface area contributed by atoms with Crippen LogP contribution in [0.3, 0.4) is 0 Å². The third-order valence-electron chi connectivity index (χ3n) is 4.20. The molecule has 1 aromatic heterocycles. The van der Waals surface area contributed by atoms with Gasteiger partial charge in [0, 0.05) is 12.3 Å². The number of carbonyl (C=O) groups excluding carboxylic acids is 2. The van der Waals surface area contributed by atoms with Crippen LogP contribution in [0, 0.1) is 0 Å². The first kappa shape index (κ1) is 18.9. The molecule has 0 fully saturated rings. The molecular formula is C21H19N3O4. The lowest BCUT2D eigenvalue weighted by molar-refractivity contribution is 0.100. The van der Waals surface area contributed by atoms with Crippen molar-refractivity contribution in [1.82, 2.24) is 4.57 Å². The van der Waals surface area contributed by atoms with Crippen LogP contribution in [-0.2, 0) is 6.54 Å². The van der Waals surface area contributed by atoms with E-state index in [1.165, 1.54) is 29.0 Å². The highest BCUT2D eigenvalue weighted by molar-refractivity contribution is 6.08. The standard InChI is InChI=1S/C21H19N3O4/c1-28-16-9-6-14(7-10-16)12-24-13-15(8-11-19(24)25)21(27)23-18-5-3-2-4-17(18)20(22)26/h2-11,13H,12H2,1H3,(H2,22,26)(H,23,27). The lowest BCUT2D eigenvalue weighted by Gasteiger charge is -2.11. The van der Waals surface area contributed by atoms with Gasteiger partial charge in [-0.1, -0.05) is 24.3 Å². The van der Waals surface area contributed by atoms with Gasteiger partial charge in [-0.25, -0.2) is 0 Å². The van der Waals surface area contributed by atoms with E-state index >= 15 is 0 Å². The number of nitrogens with two attached hydrogens (primary N) is 1. The lowest BCUT2D eigenvalue weighted by Crippen LogP contribution is -2.23. The van der Waals surface area contributed by atoms with Crippen molar-refractivity contribution in [1.29, 1.82) is 0 Å². The van der Waals surface area contributed by atoms with Crippen LogP contribution in [0.15, 0.2) is 71.7 Å². The molecule has 2 amide bonds. The number of para-hydroxylation sites is 1. The normalized spacial score (nSPS) is 10.3. The van der Waals surface area contributed by atoms with E-state index in [2.05, 4.69) is 5.32 Å². The third-order valence-corrected chi connectivity index (χ3v) is 4.20. The van der Waals surface area contributed by atoms with Crippen LogP contribution in [0.4, 0.5) is 5.69 Å². The molecule has 28 heavy (non-hydrogen) atoms. The van der Waals surface area contributed by atoms with Gasteiger partial charge in [0.05, 0.1) is 30.5 Å². The van der Waals surface area contributed by atoms with Gasteiger partial charge in [-0.15, -0.1) is 0 Å². The maximum absolute atomic E-state index is 12.6. The van der Waals surface area contributed by atoms with Crippen molar-refractivity contribution in [3.8, 4) is 5.75 Å². The summed E-state index contributed by atoms with van der Waals surface area (Å²) < 4.78 is 6.56. The van der Waals surface area contributed by atoms with E-state index in [1.807, 2.05) is 12.1 Å². The highest BCUT2D eigenvalue weighted by atomic mass is 16.5. The SMILES string of the molecule is COc1ccc(Cn2cc(C(=O)Nc3ccccc3C(N)=O)ccc2=O)cc1. The molecule has 0 aliphatic rings. The number of hydrogen-bond acceptors (Lipinski definition) is 4. The topological polar surface area (TPSA) is 103 Å². The van der Waals surface area contributed by atoms with E-state index in [0.29, 0.717) is 12.2 Å². The molecule has 142 valence electrons. The van der Waals surface area contributed by atoms with Crippen LogP contribution in [-0.4, -0.2) is 23.5 Å². The average molecular weight is 377 g/mol. The van der Waals surface area contributed by atoms with Crippen LogP contribution in [0.25, 0.3) is 0 Å². The quantitative estimate of drug-likeness (QED) is 0.688. The molecule has 2 aromatic carbocycles. The monoisotopic (exact) mass is 377 g/mol. The summed E-state index contributed by atoms with van der Waals surface area (Å²) in [6.45, 7) is 0.307. The summed E-state index contributed by atoms with van der Waals surface area (Å²) in [5.41, 5.74) is 6.80. The van der Waals surface area contributed by atoms with Crippen molar-refractivity contribution in [2.75, 3.05) is 12.4 Å². The van der Waals surface area contributed by atoms with Crippen molar-refractivity contribution in [3.05, 3.63) is 93.9 Å². The van der Waals surface area contributed by atoms with Crippen molar-refractivity contribution < 1.29 is 14.3 Å². The Morgan fingerprint density at radius 2 is 1.75 bits per heavy atom. The summed E-state index contributed by atoms with van der Waals surface area (Å²) >= 11 is 0. The summed E-state index contributed by atoms with van der Waals surface area (Å²) in [5, 5.41) is 2.66. The van der Waals surface area contributed by atoms with E-state index in [9.17, 15) is 14.4 Å². The molecule has 0 bridgehead atoms. The van der Waals surface area contributed by atoms with Gasteiger partial charge >= 0.3 is 0 Å². The maximum atomic E-state index is 12.6. The van der Waals surface area contributed by atoms with Gasteiger partial charge in [0.25, 0.3) is 17.4 Å². The molecule has 3 rings (SSSR count). The minimum Gasteiger partial charge on any atom is -0.497 e. The molecule has 0 aliphatic carbocycles. The number of anilines is 1. The minimum absolute atomic E-state index is 0.211. The second-order valence-electron chi connectivity index (χ2n) is 6.10. The number of carbonyl (C=O) groups is 2. The molecule has 0 aliphatic heterocycles. The zero-order valence-electron chi connectivity index (χ0n) is 15.2. The fourth-order valence-electron chi connectivity index (χ4n) is 2.72. The second kappa shape index (κ2) is 8.22. The molecule has 1 heterocycles. The predicted octanol–water partition coefficient (Wildman–Crippen LogP) is 2.26. The summed E-state index contributed by atoms with van der Waals surface area (Å²) in [6, 6.07) is 16.5. The Bertz CT molecular complexity index is 1070. The van der Waals surface area contributed by atoms with Crippen molar-refractivity contribution in [2.24, 2.45) is 5.73 Å². The van der Waals surface area contributed by atoms with Crippen LogP contribution in [0.5, 0.6) is 5.75 Å². The number of aromatic nitrogens is 1. The van der Waals surface area contributed by atoms with Gasteiger partial charge in [0.1, 0.15) is 5.75 Å². The predicted molar refractivity (Wildman–Crippen MR) is 106 cm³/mol. The van der Waals surface area contributed by atoms with Crippen LogP contribution in [0.2, 0.25) is 0 Å². The fourth-order valence-corrected chi connectivity index (χ4v) is 2.72. The molecule has 7 nitrogen and oxygen atoms in total. The summed E-state index contributed by atoms with van der Waals surface area (Å²) in [6.07, 6.45) is 1.48. The number of pyridine rings is 1. The number of ether oxygens (including phenoxy) is 1. The fraction of sp³-hybridized carbons (Fsp3) is 0.0952. The Balaban J connectivity index is 1.83.